The molecule has 1 aliphatic heterocycles. The van der Waals surface area contributed by atoms with Crippen LogP contribution >= 0.6 is 0 Å². The molecule has 1 radical (unpaired) electrons. The highest BCUT2D eigenvalue weighted by Crippen LogP contribution is 2.30. The van der Waals surface area contributed by atoms with E-state index >= 15 is 0 Å². The van der Waals surface area contributed by atoms with Crippen molar-refractivity contribution in [2.75, 3.05) is 6.61 Å². The highest BCUT2D eigenvalue weighted by atomic mass is 32.2. The Labute approximate surface area is 109 Å². The Morgan fingerprint density at radius 1 is 1.28 bits per heavy atom. The summed E-state index contributed by atoms with van der Waals surface area (Å²) in [6.07, 6.45) is 2.15. The molecule has 6 heteroatoms. The van der Waals surface area contributed by atoms with Gasteiger partial charge in [0.1, 0.15) is 5.25 Å². The SMILES string of the molecule is O=S(=O)(O)C(C[Si]1CCCCO1)c1ccccc1. The van der Waals surface area contributed by atoms with Gasteiger partial charge in [0.15, 0.2) is 0 Å². The van der Waals surface area contributed by atoms with Gasteiger partial charge in [-0.2, -0.15) is 8.42 Å². The van der Waals surface area contributed by atoms with Crippen molar-refractivity contribution < 1.29 is 17.4 Å². The summed E-state index contributed by atoms with van der Waals surface area (Å²) in [6, 6.07) is 10.3. The summed E-state index contributed by atoms with van der Waals surface area (Å²) >= 11 is 0. The van der Waals surface area contributed by atoms with E-state index in [-0.39, 0.29) is 0 Å². The fourth-order valence-corrected chi connectivity index (χ4v) is 6.24. The minimum atomic E-state index is -4.07. The van der Waals surface area contributed by atoms with Crippen molar-refractivity contribution in [1.82, 2.24) is 0 Å². The average Bonchev–Trinajstić information content (AvgIpc) is 2.37. The Balaban J connectivity index is 2.16. The molecule has 1 fully saturated rings. The number of rotatable bonds is 4. The second kappa shape index (κ2) is 5.97. The lowest BCUT2D eigenvalue weighted by Crippen LogP contribution is -2.27. The van der Waals surface area contributed by atoms with E-state index < -0.39 is 24.4 Å². The number of benzene rings is 1. The standard InChI is InChI=1S/C12H17O4SSi/c13-17(14,15)12(11-6-2-1-3-7-11)10-18-9-5-4-8-16-18/h1-3,6-7,12H,4-5,8-10H2,(H,13,14,15). The lowest BCUT2D eigenvalue weighted by molar-refractivity contribution is 0.285. The Hall–Kier alpha value is -0.693. The first-order chi connectivity index (χ1) is 8.57. The van der Waals surface area contributed by atoms with Crippen LogP contribution in [0.3, 0.4) is 0 Å². The Morgan fingerprint density at radius 2 is 2.00 bits per heavy atom. The van der Waals surface area contributed by atoms with Crippen LogP contribution in [-0.4, -0.2) is 28.6 Å². The molecule has 1 aromatic carbocycles. The van der Waals surface area contributed by atoms with Crippen molar-refractivity contribution in [1.29, 1.82) is 0 Å². The second-order valence-electron chi connectivity index (χ2n) is 4.46. The Morgan fingerprint density at radius 3 is 2.56 bits per heavy atom. The number of hydrogen-bond donors (Lipinski definition) is 1. The monoisotopic (exact) mass is 285 g/mol. The van der Waals surface area contributed by atoms with Crippen LogP contribution in [0.25, 0.3) is 0 Å². The predicted octanol–water partition coefficient (Wildman–Crippen LogP) is 2.42. The summed E-state index contributed by atoms with van der Waals surface area (Å²) in [4.78, 5) is 0. The van der Waals surface area contributed by atoms with Gasteiger partial charge in [-0.25, -0.2) is 0 Å². The van der Waals surface area contributed by atoms with E-state index in [1.165, 1.54) is 0 Å². The van der Waals surface area contributed by atoms with Crippen LogP contribution in [-0.2, 0) is 14.5 Å². The third-order valence-electron chi connectivity index (χ3n) is 3.10. The minimum absolute atomic E-state index is 0.424. The van der Waals surface area contributed by atoms with Crippen LogP contribution in [0.15, 0.2) is 30.3 Å². The largest absolute Gasteiger partial charge is 0.417 e. The van der Waals surface area contributed by atoms with Crippen molar-refractivity contribution in [3.63, 3.8) is 0 Å². The molecule has 1 saturated heterocycles. The van der Waals surface area contributed by atoms with Crippen LogP contribution in [0.4, 0.5) is 0 Å². The summed E-state index contributed by atoms with van der Waals surface area (Å²) in [5.74, 6) is 0. The fraction of sp³-hybridized carbons (Fsp3) is 0.500. The number of hydrogen-bond acceptors (Lipinski definition) is 3. The first kappa shape index (κ1) is 13.7. The van der Waals surface area contributed by atoms with Gasteiger partial charge in [-0.3, -0.25) is 4.55 Å². The molecule has 0 amide bonds. The van der Waals surface area contributed by atoms with Crippen LogP contribution in [0, 0.1) is 0 Å². The lowest BCUT2D eigenvalue weighted by Gasteiger charge is -2.23. The molecule has 1 N–H and O–H groups in total. The van der Waals surface area contributed by atoms with E-state index in [4.69, 9.17) is 4.43 Å². The summed E-state index contributed by atoms with van der Waals surface area (Å²) in [7, 11) is -5.19. The van der Waals surface area contributed by atoms with Crippen molar-refractivity contribution in [2.45, 2.75) is 30.2 Å². The lowest BCUT2D eigenvalue weighted by atomic mass is 10.2. The van der Waals surface area contributed by atoms with Gasteiger partial charge < -0.3 is 4.43 Å². The maximum absolute atomic E-state index is 11.5. The van der Waals surface area contributed by atoms with Gasteiger partial charge in [-0.15, -0.1) is 0 Å². The molecular weight excluding hydrogens is 268 g/mol. The van der Waals surface area contributed by atoms with E-state index in [0.29, 0.717) is 11.6 Å². The van der Waals surface area contributed by atoms with E-state index in [2.05, 4.69) is 0 Å². The van der Waals surface area contributed by atoms with Gasteiger partial charge in [-0.1, -0.05) is 36.8 Å². The Bertz CT molecular complexity index is 468. The molecule has 0 saturated carbocycles. The Kier molecular flexibility index (Phi) is 4.55. The quantitative estimate of drug-likeness (QED) is 0.681. The van der Waals surface area contributed by atoms with Crippen LogP contribution in [0.2, 0.25) is 12.1 Å². The molecule has 1 aliphatic rings. The molecule has 0 aromatic heterocycles. The van der Waals surface area contributed by atoms with Crippen molar-refractivity contribution >= 4 is 19.2 Å². The molecule has 0 aliphatic carbocycles. The molecule has 2 rings (SSSR count). The van der Waals surface area contributed by atoms with Crippen LogP contribution in [0.5, 0.6) is 0 Å². The zero-order valence-corrected chi connectivity index (χ0v) is 11.9. The van der Waals surface area contributed by atoms with Crippen molar-refractivity contribution in [2.24, 2.45) is 0 Å². The summed E-state index contributed by atoms with van der Waals surface area (Å²) in [5, 5.41) is -0.842. The molecule has 1 heterocycles. The predicted molar refractivity (Wildman–Crippen MR) is 71.3 cm³/mol. The van der Waals surface area contributed by atoms with E-state index in [9.17, 15) is 13.0 Å². The van der Waals surface area contributed by atoms with Gasteiger partial charge in [0.25, 0.3) is 10.1 Å². The maximum atomic E-state index is 11.5. The van der Waals surface area contributed by atoms with E-state index in [1.807, 2.05) is 6.07 Å². The van der Waals surface area contributed by atoms with Gasteiger partial charge in [0, 0.05) is 6.61 Å². The average molecular weight is 285 g/mol. The molecule has 0 bridgehead atoms. The van der Waals surface area contributed by atoms with Gasteiger partial charge in [0.2, 0.25) is 9.04 Å². The minimum Gasteiger partial charge on any atom is -0.417 e. The zero-order valence-electron chi connectivity index (χ0n) is 10.1. The van der Waals surface area contributed by atoms with Crippen molar-refractivity contribution in [3.8, 4) is 0 Å². The van der Waals surface area contributed by atoms with Crippen LogP contribution in [0.1, 0.15) is 23.7 Å². The third kappa shape index (κ3) is 3.65. The highest BCUT2D eigenvalue weighted by Gasteiger charge is 2.31. The molecule has 1 unspecified atom stereocenters. The smallest absolute Gasteiger partial charge is 0.271 e. The first-order valence-corrected chi connectivity index (χ1v) is 9.38. The maximum Gasteiger partial charge on any atom is 0.271 e. The molecule has 4 nitrogen and oxygen atoms in total. The second-order valence-corrected chi connectivity index (χ2v) is 8.34. The van der Waals surface area contributed by atoms with Crippen LogP contribution < -0.4 is 0 Å². The summed E-state index contributed by atoms with van der Waals surface area (Å²) in [6.45, 7) is 0.723. The summed E-state index contributed by atoms with van der Waals surface area (Å²) < 4.78 is 38.1. The molecule has 1 atom stereocenters. The molecule has 18 heavy (non-hydrogen) atoms. The van der Waals surface area contributed by atoms with E-state index in [1.54, 1.807) is 24.3 Å². The van der Waals surface area contributed by atoms with Gasteiger partial charge in [-0.05, 0) is 24.1 Å². The molecule has 99 valence electrons. The first-order valence-electron chi connectivity index (χ1n) is 6.06. The highest BCUT2D eigenvalue weighted by molar-refractivity contribution is 7.86. The fourth-order valence-electron chi connectivity index (χ4n) is 2.14. The normalized spacial score (nSPS) is 19.6. The van der Waals surface area contributed by atoms with E-state index in [0.717, 1.165) is 25.5 Å². The zero-order chi connectivity index (χ0) is 13.0. The van der Waals surface area contributed by atoms with Gasteiger partial charge in [0.05, 0.1) is 0 Å². The molecular formula is C12H17O4SSi. The summed E-state index contributed by atoms with van der Waals surface area (Å²) in [5.41, 5.74) is 0.645. The van der Waals surface area contributed by atoms with Gasteiger partial charge >= 0.3 is 0 Å². The van der Waals surface area contributed by atoms with Crippen molar-refractivity contribution in [3.05, 3.63) is 35.9 Å². The molecule has 0 spiro atoms. The third-order valence-corrected chi connectivity index (χ3v) is 6.94. The molecule has 1 aromatic rings. The topological polar surface area (TPSA) is 63.6 Å².